The minimum atomic E-state index is -0.741. The molecule has 0 aromatic heterocycles. The fourth-order valence-electron chi connectivity index (χ4n) is 14.2. The molecule has 0 heterocycles. The van der Waals surface area contributed by atoms with E-state index in [1.54, 1.807) is 5.57 Å². The van der Waals surface area contributed by atoms with E-state index in [1.807, 2.05) is 6.92 Å². The maximum Gasteiger partial charge on any atom is 0.306 e. The monoisotopic (exact) mass is 694 g/mol. The van der Waals surface area contributed by atoms with E-state index in [0.717, 1.165) is 51.6 Å². The summed E-state index contributed by atoms with van der Waals surface area (Å²) in [5.41, 5.74) is 14.5. The first-order chi connectivity index (χ1) is 23.6. The van der Waals surface area contributed by atoms with E-state index in [-0.39, 0.29) is 28.7 Å². The van der Waals surface area contributed by atoms with Crippen LogP contribution in [0, 0.1) is 75.4 Å². The van der Waals surface area contributed by atoms with Gasteiger partial charge in [-0.1, -0.05) is 47.1 Å². The first kappa shape index (κ1) is 38.2. The van der Waals surface area contributed by atoms with Gasteiger partial charge in [-0.3, -0.25) is 14.4 Å². The van der Waals surface area contributed by atoms with E-state index in [2.05, 4.69) is 45.7 Å². The average molecular weight is 694 g/mol. The van der Waals surface area contributed by atoms with Crippen LogP contribution in [0.15, 0.2) is 11.1 Å². The molecule has 50 heavy (non-hydrogen) atoms. The van der Waals surface area contributed by atoms with Crippen molar-refractivity contribution in [2.24, 2.45) is 86.9 Å². The van der Waals surface area contributed by atoms with E-state index < -0.39 is 5.97 Å². The summed E-state index contributed by atoms with van der Waals surface area (Å²) in [5, 5.41) is 13.2. The highest BCUT2D eigenvalue weighted by Gasteiger charge is 2.64. The summed E-state index contributed by atoms with van der Waals surface area (Å²) in [6, 6.07) is 0. The van der Waals surface area contributed by atoms with Crippen LogP contribution in [0.2, 0.25) is 0 Å². The third kappa shape index (κ3) is 6.09. The van der Waals surface area contributed by atoms with Crippen molar-refractivity contribution in [1.82, 2.24) is 5.32 Å². The largest absolute Gasteiger partial charge is 0.481 e. The highest BCUT2D eigenvalue weighted by molar-refractivity contribution is 6.00. The molecule has 7 rings (SSSR count). The van der Waals surface area contributed by atoms with Gasteiger partial charge in [-0.15, -0.1) is 0 Å². The maximum atomic E-state index is 13.8. The van der Waals surface area contributed by atoms with Crippen molar-refractivity contribution in [3.8, 4) is 0 Å². The van der Waals surface area contributed by atoms with Crippen molar-refractivity contribution in [1.29, 1.82) is 0 Å². The van der Waals surface area contributed by atoms with Crippen molar-refractivity contribution < 1.29 is 19.5 Å². The molecule has 7 aliphatic carbocycles. The van der Waals surface area contributed by atoms with Crippen molar-refractivity contribution in [3.05, 3.63) is 11.1 Å². The van der Waals surface area contributed by atoms with Crippen molar-refractivity contribution in [2.45, 2.75) is 143 Å². The number of carboxylic acid groups (broad SMARTS) is 1. The Morgan fingerprint density at radius 2 is 1.56 bits per heavy atom. The average Bonchev–Trinajstić information content (AvgIpc) is 3.36. The normalized spacial score (nSPS) is 44.4. The molecule has 0 radical (unpaired) electrons. The van der Waals surface area contributed by atoms with Gasteiger partial charge >= 0.3 is 5.97 Å². The topological polar surface area (TPSA) is 136 Å². The van der Waals surface area contributed by atoms with Crippen LogP contribution >= 0.6 is 0 Å². The second kappa shape index (κ2) is 14.0. The molecular weight excluding hydrogens is 622 g/mol. The molecule has 0 aliphatic heterocycles. The number of Topliss-reactive ketones (excluding diaryl/α,β-unsaturated/α-hetero) is 2. The van der Waals surface area contributed by atoms with Crippen LogP contribution < -0.4 is 16.8 Å². The van der Waals surface area contributed by atoms with Gasteiger partial charge in [0.15, 0.2) is 5.78 Å². The Balaban J connectivity index is 0.00000212. The lowest BCUT2D eigenvalue weighted by Crippen LogP contribution is -2.60. The van der Waals surface area contributed by atoms with Crippen LogP contribution in [0.1, 0.15) is 138 Å². The van der Waals surface area contributed by atoms with Gasteiger partial charge in [0.1, 0.15) is 5.78 Å². The highest BCUT2D eigenvalue weighted by Crippen LogP contribution is 2.72. The van der Waals surface area contributed by atoms with Crippen LogP contribution in [0.3, 0.4) is 0 Å². The summed E-state index contributed by atoms with van der Waals surface area (Å²) in [6.07, 6.45) is 16.3. The number of nitrogens with one attached hydrogen (secondary N) is 1. The molecule has 0 bridgehead atoms. The Hall–Kier alpha value is -1.57. The van der Waals surface area contributed by atoms with E-state index >= 15 is 0 Å². The smallest absolute Gasteiger partial charge is 0.306 e. The molecule has 0 spiro atoms. The Kier molecular flexibility index (Phi) is 10.7. The van der Waals surface area contributed by atoms with Gasteiger partial charge < -0.3 is 21.9 Å². The lowest BCUT2D eigenvalue weighted by molar-refractivity contribution is -0.172. The number of aliphatic carboxylic acids is 1. The number of nitrogens with two attached hydrogens (primary N) is 2. The number of hydrogen-bond acceptors (Lipinski definition) is 6. The van der Waals surface area contributed by atoms with Crippen LogP contribution in [-0.4, -0.2) is 48.3 Å². The number of carboxylic acids is 1. The number of rotatable bonds is 10. The number of hydrogen-bond donors (Lipinski definition) is 4. The summed E-state index contributed by atoms with van der Waals surface area (Å²) >= 11 is 0. The first-order valence-corrected chi connectivity index (χ1v) is 20.7. The SMILES string of the molecule is CC(C)C1=C2C3CCC4C(C)(CCC5C(C)C(CC(=O)C6CC(C(=O)O)C6C)CCC54C)C3CCC2(CCNCC2(N)CCC2)CC1=O.CN. The minimum absolute atomic E-state index is 0.0164. The standard InChI is InChI=1S/C42H66N2O4.CH5N/c1-24(2)36-34(46)22-41(18-19-44-23-42(43)13-7-14-42)17-12-32-28(37(36)41)8-9-35-39(5)15-10-27(25(3)31(39)11-16-40(32,35)6)20-33(45)29-21-30(26(29)4)38(47)48;1-2/h24-32,35,44H,7-23,43H2,1-6H3,(H,47,48);2H2,1H3. The van der Waals surface area contributed by atoms with Gasteiger partial charge in [-0.2, -0.15) is 0 Å². The predicted octanol–water partition coefficient (Wildman–Crippen LogP) is 7.56. The molecule has 0 saturated heterocycles. The summed E-state index contributed by atoms with van der Waals surface area (Å²) < 4.78 is 0. The quantitative estimate of drug-likeness (QED) is 0.174. The summed E-state index contributed by atoms with van der Waals surface area (Å²) in [5.74, 6) is 3.40. The van der Waals surface area contributed by atoms with Gasteiger partial charge in [0, 0.05) is 36.3 Å². The van der Waals surface area contributed by atoms with Gasteiger partial charge in [-0.05, 0) is 161 Å². The molecule has 0 aromatic carbocycles. The zero-order chi connectivity index (χ0) is 36.4. The predicted molar refractivity (Wildman–Crippen MR) is 200 cm³/mol. The molecular formula is C43H71N3O4. The summed E-state index contributed by atoms with van der Waals surface area (Å²) in [6.45, 7) is 16.1. The second-order valence-corrected chi connectivity index (χ2v) is 19.5. The zero-order valence-electron chi connectivity index (χ0n) is 32.6. The number of carbonyl (C=O) groups is 3. The molecule has 6 N–H and O–H groups in total. The van der Waals surface area contributed by atoms with Crippen molar-refractivity contribution in [3.63, 3.8) is 0 Å². The number of ketones is 2. The summed E-state index contributed by atoms with van der Waals surface area (Å²) in [7, 11) is 1.50. The zero-order valence-corrected chi connectivity index (χ0v) is 32.6. The molecule has 0 aromatic rings. The molecule has 282 valence electrons. The Morgan fingerprint density at radius 1 is 0.900 bits per heavy atom. The third-order valence-electron chi connectivity index (χ3n) is 17.1. The fraction of sp³-hybridized carbons (Fsp3) is 0.884. The van der Waals surface area contributed by atoms with Crippen molar-refractivity contribution in [2.75, 3.05) is 20.1 Å². The molecule has 6 saturated carbocycles. The van der Waals surface area contributed by atoms with Crippen LogP contribution in [-0.2, 0) is 14.4 Å². The van der Waals surface area contributed by atoms with E-state index in [9.17, 15) is 19.5 Å². The van der Waals surface area contributed by atoms with Gasteiger partial charge in [0.25, 0.3) is 0 Å². The molecule has 12 atom stereocenters. The highest BCUT2D eigenvalue weighted by atomic mass is 16.4. The van der Waals surface area contributed by atoms with E-state index in [4.69, 9.17) is 5.73 Å². The van der Waals surface area contributed by atoms with Crippen molar-refractivity contribution >= 4 is 17.5 Å². The third-order valence-corrected chi connectivity index (χ3v) is 17.1. The molecule has 7 nitrogen and oxygen atoms in total. The molecule has 0 amide bonds. The molecule has 7 heteroatoms. The first-order valence-electron chi connectivity index (χ1n) is 20.7. The Bertz CT molecular complexity index is 1350. The summed E-state index contributed by atoms with van der Waals surface area (Å²) in [4.78, 5) is 38.8. The van der Waals surface area contributed by atoms with Crippen LogP contribution in [0.5, 0.6) is 0 Å². The van der Waals surface area contributed by atoms with E-state index in [0.29, 0.717) is 76.7 Å². The van der Waals surface area contributed by atoms with Gasteiger partial charge in [-0.25, -0.2) is 0 Å². The molecule has 7 aliphatic rings. The second-order valence-electron chi connectivity index (χ2n) is 19.5. The minimum Gasteiger partial charge on any atom is -0.481 e. The maximum absolute atomic E-state index is 13.8. The number of allylic oxidation sites excluding steroid dienone is 2. The van der Waals surface area contributed by atoms with Gasteiger partial charge in [0.05, 0.1) is 5.92 Å². The fourth-order valence-corrected chi connectivity index (χ4v) is 14.2. The van der Waals surface area contributed by atoms with Crippen LogP contribution in [0.4, 0.5) is 0 Å². The van der Waals surface area contributed by atoms with E-state index in [1.165, 1.54) is 57.6 Å². The van der Waals surface area contributed by atoms with Crippen LogP contribution in [0.25, 0.3) is 0 Å². The lowest BCUT2D eigenvalue weighted by Gasteiger charge is -2.67. The molecule has 6 fully saturated rings. The number of carbonyl (C=O) groups excluding carboxylic acids is 2. The lowest BCUT2D eigenvalue weighted by atomic mass is 9.37. The molecule has 12 unspecified atom stereocenters. The number of fused-ring (bicyclic) bond motifs is 7. The Labute approximate surface area is 303 Å². The Morgan fingerprint density at radius 3 is 2.18 bits per heavy atom. The van der Waals surface area contributed by atoms with Gasteiger partial charge in [0.2, 0.25) is 0 Å².